The smallest absolute Gasteiger partial charge is 0.289 e. The Morgan fingerprint density at radius 3 is 2.39 bits per heavy atom. The molecule has 5 rings (SSSR count). The molecule has 3 heterocycles. The fraction of sp³-hybridized carbons (Fsp3) is 0.423. The van der Waals surface area contributed by atoms with Crippen LogP contribution in [0.1, 0.15) is 47.2 Å². The molecular weight excluding hydrogens is 491 g/mol. The van der Waals surface area contributed by atoms with Crippen molar-refractivity contribution in [2.45, 2.75) is 56.8 Å². The number of carbonyl (C=O) groups excluding carboxylic acids is 3. The molecule has 0 aliphatic carbocycles. The van der Waals surface area contributed by atoms with Crippen molar-refractivity contribution in [3.8, 4) is 0 Å². The monoisotopic (exact) mass is 517 g/mol. The van der Waals surface area contributed by atoms with Crippen molar-refractivity contribution in [1.29, 1.82) is 0 Å². The first-order chi connectivity index (χ1) is 17.2. The Hall–Kier alpha value is -2.85. The normalized spacial score (nSPS) is 24.5. The van der Waals surface area contributed by atoms with Gasteiger partial charge in [-0.05, 0) is 67.3 Å². The summed E-state index contributed by atoms with van der Waals surface area (Å²) in [4.78, 5) is 40.4. The van der Waals surface area contributed by atoms with E-state index in [1.54, 1.807) is 24.3 Å². The minimum absolute atomic E-state index is 0.0103. The van der Waals surface area contributed by atoms with Crippen LogP contribution < -0.4 is 5.73 Å². The lowest BCUT2D eigenvalue weighted by Crippen LogP contribution is -2.50. The Labute approximate surface area is 211 Å². The van der Waals surface area contributed by atoms with Crippen LogP contribution >= 0.6 is 11.8 Å². The van der Waals surface area contributed by atoms with E-state index in [9.17, 15) is 27.6 Å². The Morgan fingerprint density at radius 2 is 1.72 bits per heavy atom. The third kappa shape index (κ3) is 4.76. The molecule has 3 aliphatic heterocycles. The highest BCUT2D eigenvalue weighted by molar-refractivity contribution is 8.14. The highest BCUT2D eigenvalue weighted by atomic mass is 32.2. The molecule has 0 spiro atoms. The Balaban J connectivity index is 1.26. The van der Waals surface area contributed by atoms with Gasteiger partial charge < -0.3 is 10.6 Å². The van der Waals surface area contributed by atoms with Gasteiger partial charge in [0.2, 0.25) is 5.91 Å². The quantitative estimate of drug-likeness (QED) is 0.580. The van der Waals surface area contributed by atoms with Gasteiger partial charge in [0, 0.05) is 29.8 Å². The molecule has 0 aromatic heterocycles. The number of nitrogens with zero attached hydrogens (tertiary/aromatic N) is 2. The molecule has 2 N–H and O–H groups in total. The summed E-state index contributed by atoms with van der Waals surface area (Å²) in [6.07, 6.45) is 3.08. The molecule has 3 aliphatic rings. The molecule has 2 aromatic rings. The van der Waals surface area contributed by atoms with Crippen LogP contribution in [0.3, 0.4) is 0 Å². The summed E-state index contributed by atoms with van der Waals surface area (Å²) < 4.78 is 41.0. The number of fused-ring (bicyclic) bond motifs is 2. The average Bonchev–Trinajstić information content (AvgIpc) is 3.30. The SMILES string of the molecule is NC(Cc1cc(F)c(F)cc1F)C1CC2CCC(C1)N2C(=O)c1cccc(CN2C(=O)CSC2=O)c1. The molecule has 3 atom stereocenters. The van der Waals surface area contributed by atoms with Gasteiger partial charge in [0.25, 0.3) is 11.1 Å². The summed E-state index contributed by atoms with van der Waals surface area (Å²) in [7, 11) is 0. The van der Waals surface area contributed by atoms with Crippen molar-refractivity contribution < 1.29 is 27.6 Å². The summed E-state index contributed by atoms with van der Waals surface area (Å²) >= 11 is 0.976. The number of benzene rings is 2. The van der Waals surface area contributed by atoms with Crippen LogP contribution in [0.4, 0.5) is 18.0 Å². The number of carbonyl (C=O) groups is 3. The van der Waals surface area contributed by atoms with Gasteiger partial charge in [0.05, 0.1) is 12.3 Å². The van der Waals surface area contributed by atoms with E-state index in [-0.39, 0.29) is 59.3 Å². The lowest BCUT2D eigenvalue weighted by atomic mass is 9.82. The first-order valence-corrected chi connectivity index (χ1v) is 13.0. The van der Waals surface area contributed by atoms with Crippen LogP contribution in [-0.2, 0) is 17.8 Å². The van der Waals surface area contributed by atoms with E-state index in [1.165, 1.54) is 4.90 Å². The van der Waals surface area contributed by atoms with Crippen molar-refractivity contribution >= 4 is 28.8 Å². The van der Waals surface area contributed by atoms with Crippen LogP contribution in [-0.4, -0.2) is 50.7 Å². The van der Waals surface area contributed by atoms with Crippen LogP contribution in [0.2, 0.25) is 0 Å². The minimum atomic E-state index is -1.23. The second-order valence-corrected chi connectivity index (χ2v) is 10.7. The van der Waals surface area contributed by atoms with E-state index >= 15 is 0 Å². The molecule has 36 heavy (non-hydrogen) atoms. The van der Waals surface area contributed by atoms with Gasteiger partial charge in [-0.15, -0.1) is 0 Å². The predicted molar refractivity (Wildman–Crippen MR) is 129 cm³/mol. The number of nitrogens with two attached hydrogens (primary N) is 1. The topological polar surface area (TPSA) is 83.7 Å². The maximum atomic E-state index is 14.1. The maximum Gasteiger partial charge on any atom is 0.289 e. The number of hydrogen-bond donors (Lipinski definition) is 1. The molecule has 3 unspecified atom stereocenters. The van der Waals surface area contributed by atoms with E-state index in [1.807, 2.05) is 4.90 Å². The summed E-state index contributed by atoms with van der Waals surface area (Å²) in [5, 5.41) is -0.281. The molecule has 2 aromatic carbocycles. The van der Waals surface area contributed by atoms with Crippen molar-refractivity contribution in [3.05, 3.63) is 70.5 Å². The Morgan fingerprint density at radius 1 is 1.03 bits per heavy atom. The van der Waals surface area contributed by atoms with Crippen molar-refractivity contribution in [2.24, 2.45) is 11.7 Å². The Kier molecular flexibility index (Phi) is 6.82. The second kappa shape index (κ2) is 9.89. The number of imide groups is 1. The summed E-state index contributed by atoms with van der Waals surface area (Å²) in [6, 6.07) is 7.96. The van der Waals surface area contributed by atoms with Gasteiger partial charge in [0.15, 0.2) is 11.6 Å². The first-order valence-electron chi connectivity index (χ1n) is 12.0. The lowest BCUT2D eigenvalue weighted by Gasteiger charge is -2.41. The van der Waals surface area contributed by atoms with Crippen LogP contribution in [0.15, 0.2) is 36.4 Å². The number of thioether (sulfide) groups is 1. The zero-order valence-corrected chi connectivity index (χ0v) is 20.3. The molecule has 190 valence electrons. The van der Waals surface area contributed by atoms with E-state index < -0.39 is 23.5 Å². The van der Waals surface area contributed by atoms with Gasteiger partial charge in [-0.1, -0.05) is 23.9 Å². The summed E-state index contributed by atoms with van der Waals surface area (Å²) in [5.74, 6) is -3.31. The number of rotatable bonds is 6. The maximum absolute atomic E-state index is 14.1. The molecule has 10 heteroatoms. The third-order valence-electron chi connectivity index (χ3n) is 7.51. The van der Waals surface area contributed by atoms with E-state index in [4.69, 9.17) is 5.73 Å². The minimum Gasteiger partial charge on any atom is -0.333 e. The molecule has 0 saturated carbocycles. The zero-order valence-electron chi connectivity index (χ0n) is 19.5. The molecular formula is C26H26F3N3O3S. The number of amides is 3. The van der Waals surface area contributed by atoms with Crippen LogP contribution in [0.25, 0.3) is 0 Å². The predicted octanol–water partition coefficient (Wildman–Crippen LogP) is 4.25. The average molecular weight is 518 g/mol. The first kappa shape index (κ1) is 24.8. The van der Waals surface area contributed by atoms with Crippen LogP contribution in [0, 0.1) is 23.4 Å². The number of hydrogen-bond acceptors (Lipinski definition) is 5. The van der Waals surface area contributed by atoms with Crippen molar-refractivity contribution in [1.82, 2.24) is 9.80 Å². The van der Waals surface area contributed by atoms with Crippen molar-refractivity contribution in [2.75, 3.05) is 5.75 Å². The lowest BCUT2D eigenvalue weighted by molar-refractivity contribution is -0.125. The fourth-order valence-corrected chi connectivity index (χ4v) is 6.43. The molecule has 0 radical (unpaired) electrons. The van der Waals surface area contributed by atoms with Gasteiger partial charge in [-0.2, -0.15) is 0 Å². The fourth-order valence-electron chi connectivity index (χ4n) is 5.71. The molecule has 2 bridgehead atoms. The van der Waals surface area contributed by atoms with E-state index in [2.05, 4.69) is 0 Å². The molecule has 3 fully saturated rings. The molecule has 6 nitrogen and oxygen atoms in total. The third-order valence-corrected chi connectivity index (χ3v) is 8.37. The molecule has 3 saturated heterocycles. The Bertz CT molecular complexity index is 1200. The highest BCUT2D eigenvalue weighted by Crippen LogP contribution is 2.41. The number of halogens is 3. The standard InChI is InChI=1S/C26H26F3N3O3S/c27-20-11-22(29)21(28)9-16(20)10-23(30)17-7-18-4-5-19(8-17)32(18)25(34)15-3-1-2-14(6-15)12-31-24(33)13-36-26(31)35/h1-3,6,9,11,17-19,23H,4-5,7-8,10,12-13,30H2. The van der Waals surface area contributed by atoms with E-state index in [0.29, 0.717) is 30.0 Å². The molecule has 3 amide bonds. The summed E-state index contributed by atoms with van der Waals surface area (Å²) in [5.41, 5.74) is 7.66. The van der Waals surface area contributed by atoms with E-state index in [0.717, 1.165) is 30.7 Å². The van der Waals surface area contributed by atoms with Crippen molar-refractivity contribution in [3.63, 3.8) is 0 Å². The largest absolute Gasteiger partial charge is 0.333 e. The van der Waals surface area contributed by atoms with Gasteiger partial charge >= 0.3 is 0 Å². The zero-order chi connectivity index (χ0) is 25.6. The second-order valence-electron chi connectivity index (χ2n) is 9.79. The summed E-state index contributed by atoms with van der Waals surface area (Å²) in [6.45, 7) is 0.135. The van der Waals surface area contributed by atoms with Gasteiger partial charge in [-0.3, -0.25) is 19.3 Å². The van der Waals surface area contributed by atoms with Gasteiger partial charge in [-0.25, -0.2) is 13.2 Å². The highest BCUT2D eigenvalue weighted by Gasteiger charge is 2.44. The van der Waals surface area contributed by atoms with Gasteiger partial charge in [0.1, 0.15) is 5.82 Å². The van der Waals surface area contributed by atoms with Crippen LogP contribution in [0.5, 0.6) is 0 Å². The number of piperidine rings is 1.